The molecule has 0 spiro atoms. The molecule has 2 saturated heterocycles. The van der Waals surface area contributed by atoms with E-state index in [2.05, 4.69) is 40.3 Å². The fourth-order valence-electron chi connectivity index (χ4n) is 9.38. The van der Waals surface area contributed by atoms with E-state index in [4.69, 9.17) is 37.9 Å². The first-order chi connectivity index (χ1) is 37.3. The molecule has 424 valence electrons. The molecule has 0 saturated carbocycles. The molecule has 0 aliphatic carbocycles. The summed E-state index contributed by atoms with van der Waals surface area (Å²) < 4.78 is 106. The monoisotopic (exact) mass is 1120 g/mol. The number of hydrogen-bond acceptors (Lipinski definition) is 20. The quantitative estimate of drug-likeness (QED) is 0.0638. The van der Waals surface area contributed by atoms with Gasteiger partial charge in [0.1, 0.15) is 69.7 Å². The zero-order chi connectivity index (χ0) is 56.3. The smallest absolute Gasteiger partial charge is 0.163 e. The molecule has 6 atom stereocenters. The second-order valence-corrected chi connectivity index (χ2v) is 24.6. The Morgan fingerprint density at radius 3 is 1.18 bits per heavy atom. The van der Waals surface area contributed by atoms with Crippen LogP contribution in [0.15, 0.2) is 61.2 Å². The molecule has 78 heavy (non-hydrogen) atoms. The third kappa shape index (κ3) is 14.0. The lowest BCUT2D eigenvalue weighted by atomic mass is 10.0. The van der Waals surface area contributed by atoms with Crippen molar-refractivity contribution in [1.29, 1.82) is 0 Å². The molecule has 22 nitrogen and oxygen atoms in total. The summed E-state index contributed by atoms with van der Waals surface area (Å²) in [5.41, 5.74) is 3.47. The summed E-state index contributed by atoms with van der Waals surface area (Å²) in [4.78, 5) is 17.4. The zero-order valence-corrected chi connectivity index (χ0v) is 48.3. The van der Waals surface area contributed by atoms with Crippen LogP contribution in [-0.2, 0) is 50.1 Å². The number of benzene rings is 2. The van der Waals surface area contributed by atoms with Gasteiger partial charge in [-0.1, -0.05) is 12.1 Å². The Balaban J connectivity index is 0.000000226. The van der Waals surface area contributed by atoms with Crippen LogP contribution >= 0.6 is 0 Å². The Hall–Kier alpha value is -6.18. The van der Waals surface area contributed by atoms with E-state index in [1.165, 1.54) is 0 Å². The molecular formula is C54H74N10O12S2. The van der Waals surface area contributed by atoms with E-state index in [9.17, 15) is 16.8 Å². The average Bonchev–Trinajstić information content (AvgIpc) is 4.04. The molecule has 2 aliphatic rings. The minimum absolute atomic E-state index is 0.0606. The van der Waals surface area contributed by atoms with Crippen molar-refractivity contribution in [2.24, 2.45) is 0 Å². The molecule has 2 aromatic carbocycles. The standard InChI is InChI=1S/2C27H37N5O6S/c2*1-17(2)38-26(21-14-28-18(3)13-29-21)19(4)39(33,34)16-24-30-31-27(20-9-8-12-37-15-20)32(24)25-22(35-5)10-7-11-23(25)36-6/h2*7,10-11,13-14,17,19-20,26H,8-9,12,15-16H2,1-6H3/t19-,20+,26+;19-,20-,26+/m11/s1. The lowest BCUT2D eigenvalue weighted by molar-refractivity contribution is 0.00360. The molecule has 0 amide bonds. The first-order valence-corrected chi connectivity index (χ1v) is 29.5. The summed E-state index contributed by atoms with van der Waals surface area (Å²) in [5, 5.41) is 15.8. The summed E-state index contributed by atoms with van der Waals surface area (Å²) in [6.07, 6.45) is 7.69. The highest BCUT2D eigenvalue weighted by Crippen LogP contribution is 2.40. The van der Waals surface area contributed by atoms with Gasteiger partial charge in [-0.15, -0.1) is 20.4 Å². The lowest BCUT2D eigenvalue weighted by Crippen LogP contribution is -2.31. The van der Waals surface area contributed by atoms with E-state index in [0.717, 1.165) is 37.1 Å². The molecule has 24 heteroatoms. The summed E-state index contributed by atoms with van der Waals surface area (Å²) in [6, 6.07) is 10.8. The minimum Gasteiger partial charge on any atom is -0.494 e. The molecule has 2 fully saturated rings. The van der Waals surface area contributed by atoms with Crippen molar-refractivity contribution >= 4 is 19.7 Å². The predicted molar refractivity (Wildman–Crippen MR) is 290 cm³/mol. The topological polar surface area (TPSA) is 255 Å². The van der Waals surface area contributed by atoms with E-state index < -0.39 is 42.4 Å². The van der Waals surface area contributed by atoms with E-state index in [1.807, 2.05) is 53.7 Å². The highest BCUT2D eigenvalue weighted by molar-refractivity contribution is 7.91. The Kier molecular flexibility index (Phi) is 20.3. The van der Waals surface area contributed by atoms with E-state index >= 15 is 0 Å². The molecular weight excluding hydrogens is 1040 g/mol. The molecule has 8 rings (SSSR count). The maximum atomic E-state index is 13.9. The number of hydrogen-bond donors (Lipinski definition) is 0. The van der Waals surface area contributed by atoms with Crippen LogP contribution in [0.2, 0.25) is 0 Å². The van der Waals surface area contributed by atoms with Crippen LogP contribution in [0, 0.1) is 13.8 Å². The molecule has 0 N–H and O–H groups in total. The van der Waals surface area contributed by atoms with Crippen LogP contribution in [0.25, 0.3) is 11.4 Å². The normalized spacial score (nSPS) is 17.7. The zero-order valence-electron chi connectivity index (χ0n) is 46.7. The third-order valence-electron chi connectivity index (χ3n) is 13.5. The van der Waals surface area contributed by atoms with Crippen LogP contribution in [0.4, 0.5) is 0 Å². The number of aryl methyl sites for hydroxylation is 2. The maximum absolute atomic E-state index is 13.9. The van der Waals surface area contributed by atoms with Gasteiger partial charge in [-0.25, -0.2) is 16.8 Å². The Bertz CT molecular complexity index is 2870. The number of ether oxygens (including phenoxy) is 8. The lowest BCUT2D eigenvalue weighted by Gasteiger charge is -2.26. The van der Waals surface area contributed by atoms with Crippen LogP contribution in [0.5, 0.6) is 23.0 Å². The molecule has 0 radical (unpaired) electrons. The van der Waals surface area contributed by atoms with Gasteiger partial charge in [0, 0.05) is 37.4 Å². The summed E-state index contributed by atoms with van der Waals surface area (Å²) in [6.45, 7) is 16.6. The van der Waals surface area contributed by atoms with Crippen LogP contribution < -0.4 is 18.9 Å². The molecule has 0 unspecified atom stereocenters. The van der Waals surface area contributed by atoms with Crippen molar-refractivity contribution in [1.82, 2.24) is 49.5 Å². The van der Waals surface area contributed by atoms with Crippen molar-refractivity contribution in [2.45, 2.75) is 139 Å². The summed E-state index contributed by atoms with van der Waals surface area (Å²) >= 11 is 0. The second kappa shape index (κ2) is 26.6. The van der Waals surface area contributed by atoms with Crippen molar-refractivity contribution in [3.8, 4) is 34.4 Å². The molecule has 0 bridgehead atoms. The van der Waals surface area contributed by atoms with Crippen LogP contribution in [0.1, 0.15) is 137 Å². The van der Waals surface area contributed by atoms with Gasteiger partial charge in [-0.3, -0.25) is 29.1 Å². The maximum Gasteiger partial charge on any atom is 0.163 e. The van der Waals surface area contributed by atoms with E-state index in [1.54, 1.807) is 100 Å². The minimum atomic E-state index is -3.83. The van der Waals surface area contributed by atoms with Gasteiger partial charge in [-0.2, -0.15) is 0 Å². The summed E-state index contributed by atoms with van der Waals surface area (Å²) in [5.74, 6) is 2.87. The first-order valence-electron chi connectivity index (χ1n) is 26.1. The molecule has 6 aromatic rings. The van der Waals surface area contributed by atoms with Gasteiger partial charge in [0.25, 0.3) is 0 Å². The number of para-hydroxylation sites is 2. The molecule has 4 aromatic heterocycles. The number of methoxy groups -OCH3 is 4. The highest BCUT2D eigenvalue weighted by atomic mass is 32.2. The largest absolute Gasteiger partial charge is 0.494 e. The van der Waals surface area contributed by atoms with Crippen molar-refractivity contribution in [3.63, 3.8) is 0 Å². The Morgan fingerprint density at radius 2 is 0.897 bits per heavy atom. The molecule has 6 heterocycles. The first kappa shape index (κ1) is 59.5. The average molecular weight is 1120 g/mol. The van der Waals surface area contributed by atoms with Crippen LogP contribution in [0.3, 0.4) is 0 Å². The van der Waals surface area contributed by atoms with Gasteiger partial charge in [0.05, 0.1) is 99.5 Å². The van der Waals surface area contributed by atoms with Gasteiger partial charge in [0.15, 0.2) is 31.3 Å². The number of rotatable bonds is 22. The molecule has 2 aliphatic heterocycles. The van der Waals surface area contributed by atoms with Crippen molar-refractivity contribution in [3.05, 3.63) is 107 Å². The summed E-state index contributed by atoms with van der Waals surface area (Å²) in [7, 11) is -1.44. The van der Waals surface area contributed by atoms with E-state index in [0.29, 0.717) is 83.8 Å². The van der Waals surface area contributed by atoms with E-state index in [-0.39, 0.29) is 47.2 Å². The highest BCUT2D eigenvalue weighted by Gasteiger charge is 2.39. The Labute approximate surface area is 457 Å². The fraction of sp³-hybridized carbons (Fsp3) is 0.556. The number of aromatic nitrogens is 10. The Morgan fingerprint density at radius 1 is 0.538 bits per heavy atom. The predicted octanol–water partition coefficient (Wildman–Crippen LogP) is 7.49. The van der Waals surface area contributed by atoms with Crippen LogP contribution in [-0.4, -0.2) is 144 Å². The fourth-order valence-corrected chi connectivity index (χ4v) is 12.2. The third-order valence-corrected chi connectivity index (χ3v) is 17.6. The second-order valence-electron chi connectivity index (χ2n) is 19.9. The van der Waals surface area contributed by atoms with Crippen molar-refractivity contribution < 1.29 is 54.7 Å². The number of nitrogens with zero attached hydrogens (tertiary/aromatic N) is 10. The van der Waals surface area contributed by atoms with Gasteiger partial charge >= 0.3 is 0 Å². The number of sulfone groups is 2. The van der Waals surface area contributed by atoms with Crippen molar-refractivity contribution in [2.75, 3.05) is 54.9 Å². The SMILES string of the molecule is COc1cccc(OC)c1-n1c(CS(=O)(=O)[C@H](C)[C@H](OC(C)C)c2cnc(C)cn2)nnc1[C@@H]1CCCOC1.COc1cccc(OC)c1-n1c(CS(=O)(=O)[C@H](C)[C@H](OC(C)C)c2cnc(C)cn2)nnc1[C@H]1CCCOC1. The van der Waals surface area contributed by atoms with Gasteiger partial charge in [-0.05, 0) is 105 Å². The van der Waals surface area contributed by atoms with Gasteiger partial charge < -0.3 is 37.9 Å². The van der Waals surface area contributed by atoms with Gasteiger partial charge in [0.2, 0.25) is 0 Å².